The molecule has 0 aliphatic rings. The summed E-state index contributed by atoms with van der Waals surface area (Å²) in [5.41, 5.74) is -6.54. The number of hydrogen-bond donors (Lipinski definition) is 3. The first-order chi connectivity index (χ1) is 9.04. The van der Waals surface area contributed by atoms with Gasteiger partial charge in [0.1, 0.15) is 0 Å². The Labute approximate surface area is 114 Å². The zero-order valence-corrected chi connectivity index (χ0v) is 11.1. The summed E-state index contributed by atoms with van der Waals surface area (Å²) in [6.07, 6.45) is 0. The largest absolute Gasteiger partial charge is 0.479 e. The van der Waals surface area contributed by atoms with E-state index < -0.39 is 32.8 Å². The smallest absolute Gasteiger partial charge is 0.475 e. The van der Waals surface area contributed by atoms with Gasteiger partial charge in [-0.2, -0.15) is 13.2 Å². The second kappa shape index (κ2) is 5.80. The number of carbonyl (C=O) groups is 1. The molecule has 0 spiro atoms. The number of hydrogen-bond acceptors (Lipinski definition) is 4. The number of halogens is 3. The Hall–Kier alpha value is -1.61. The molecule has 0 aliphatic heterocycles. The van der Waals surface area contributed by atoms with Crippen LogP contribution in [0.2, 0.25) is 0 Å². The molecule has 0 heterocycles. The average Bonchev–Trinajstić information content (AvgIpc) is 2.35. The van der Waals surface area contributed by atoms with Crippen molar-refractivity contribution in [3.63, 3.8) is 0 Å². The van der Waals surface area contributed by atoms with E-state index in [1.54, 1.807) is 0 Å². The molecule has 1 aromatic rings. The summed E-state index contributed by atoms with van der Waals surface area (Å²) in [7, 11) is -3.11. The maximum absolute atomic E-state index is 12.2. The van der Waals surface area contributed by atoms with Crippen LogP contribution in [-0.2, 0) is 15.6 Å². The van der Waals surface area contributed by atoms with Crippen molar-refractivity contribution < 1.29 is 32.4 Å². The van der Waals surface area contributed by atoms with Crippen LogP contribution in [0, 0.1) is 0 Å². The highest BCUT2D eigenvalue weighted by molar-refractivity contribution is 7.86. The van der Waals surface area contributed by atoms with Crippen molar-refractivity contribution in [3.05, 3.63) is 24.3 Å². The Morgan fingerprint density at radius 1 is 1.30 bits per heavy atom. The number of aliphatic hydroxyl groups is 1. The first-order valence-electron chi connectivity index (χ1n) is 5.32. The van der Waals surface area contributed by atoms with Crippen molar-refractivity contribution in [2.45, 2.75) is 22.9 Å². The van der Waals surface area contributed by atoms with E-state index in [1.165, 1.54) is 12.1 Å². The molecular formula is C11H12F3NO4S. The standard InChI is InChI=1S/C11H12F3NO4S/c1-10(18,9(16)17)6-15-7-2-4-8(5-3-7)20(19)11(12,13)14/h2-5,15,18H,6H2,1H3,(H,16,17). The molecule has 2 atom stereocenters. The predicted octanol–water partition coefficient (Wildman–Crippen LogP) is 1.56. The van der Waals surface area contributed by atoms with Crippen LogP contribution in [0.3, 0.4) is 0 Å². The van der Waals surface area contributed by atoms with Crippen molar-refractivity contribution in [1.29, 1.82) is 0 Å². The van der Waals surface area contributed by atoms with Crippen LogP contribution in [0.4, 0.5) is 18.9 Å². The SMILES string of the molecule is CC(O)(CNc1ccc(S(=O)C(F)(F)F)cc1)C(=O)O. The van der Waals surface area contributed by atoms with Gasteiger partial charge in [0.2, 0.25) is 0 Å². The highest BCUT2D eigenvalue weighted by atomic mass is 32.2. The molecule has 9 heteroatoms. The van der Waals surface area contributed by atoms with Crippen LogP contribution in [0.25, 0.3) is 0 Å². The third-order valence-corrected chi connectivity index (χ3v) is 3.50. The van der Waals surface area contributed by atoms with Crippen LogP contribution in [0.15, 0.2) is 29.2 Å². The molecule has 5 nitrogen and oxygen atoms in total. The quantitative estimate of drug-likeness (QED) is 0.768. The van der Waals surface area contributed by atoms with Gasteiger partial charge in [-0.3, -0.25) is 0 Å². The third-order valence-electron chi connectivity index (χ3n) is 2.38. The summed E-state index contributed by atoms with van der Waals surface area (Å²) < 4.78 is 47.7. The zero-order valence-electron chi connectivity index (χ0n) is 10.3. The van der Waals surface area contributed by atoms with E-state index in [9.17, 15) is 27.3 Å². The Balaban J connectivity index is 2.74. The second-order valence-corrected chi connectivity index (χ2v) is 5.64. The Kier molecular flexibility index (Phi) is 4.77. The molecule has 3 N–H and O–H groups in total. The second-order valence-electron chi connectivity index (χ2n) is 4.17. The molecule has 0 fully saturated rings. The molecule has 112 valence electrons. The molecule has 0 saturated carbocycles. The maximum Gasteiger partial charge on any atom is 0.475 e. The summed E-state index contributed by atoms with van der Waals surface area (Å²) in [6, 6.07) is 4.47. The van der Waals surface area contributed by atoms with Crippen LogP contribution in [0.5, 0.6) is 0 Å². The summed E-state index contributed by atoms with van der Waals surface area (Å²) >= 11 is 0. The number of carboxylic acids is 1. The summed E-state index contributed by atoms with van der Waals surface area (Å²) in [5.74, 6) is -1.43. The monoisotopic (exact) mass is 311 g/mol. The van der Waals surface area contributed by atoms with Crippen LogP contribution in [0.1, 0.15) is 6.92 Å². The number of aliphatic carboxylic acids is 1. The van der Waals surface area contributed by atoms with Crippen LogP contribution >= 0.6 is 0 Å². The van der Waals surface area contributed by atoms with E-state index in [0.717, 1.165) is 19.1 Å². The average molecular weight is 311 g/mol. The Morgan fingerprint density at radius 2 is 1.80 bits per heavy atom. The fourth-order valence-corrected chi connectivity index (χ4v) is 1.83. The lowest BCUT2D eigenvalue weighted by Gasteiger charge is -2.19. The van der Waals surface area contributed by atoms with Gasteiger partial charge in [0, 0.05) is 10.6 Å². The highest BCUT2D eigenvalue weighted by Crippen LogP contribution is 2.26. The van der Waals surface area contributed by atoms with Crippen molar-refractivity contribution in [2.75, 3.05) is 11.9 Å². The predicted molar refractivity (Wildman–Crippen MR) is 65.7 cm³/mol. The van der Waals surface area contributed by atoms with Crippen LogP contribution < -0.4 is 5.32 Å². The van der Waals surface area contributed by atoms with E-state index in [-0.39, 0.29) is 6.54 Å². The normalized spacial score (nSPS) is 16.2. The lowest BCUT2D eigenvalue weighted by atomic mass is 10.1. The zero-order chi connectivity index (χ0) is 15.6. The topological polar surface area (TPSA) is 86.6 Å². The van der Waals surface area contributed by atoms with Crippen molar-refractivity contribution in [1.82, 2.24) is 0 Å². The fourth-order valence-electron chi connectivity index (χ4n) is 1.18. The van der Waals surface area contributed by atoms with E-state index in [4.69, 9.17) is 5.11 Å². The van der Waals surface area contributed by atoms with Crippen molar-refractivity contribution in [3.8, 4) is 0 Å². The minimum absolute atomic E-state index is 0.300. The van der Waals surface area contributed by atoms with E-state index >= 15 is 0 Å². The van der Waals surface area contributed by atoms with E-state index in [2.05, 4.69) is 5.32 Å². The number of carboxylic acid groups (broad SMARTS) is 1. The minimum Gasteiger partial charge on any atom is -0.479 e. The third kappa shape index (κ3) is 4.20. The van der Waals surface area contributed by atoms with E-state index in [0.29, 0.717) is 5.69 Å². The highest BCUT2D eigenvalue weighted by Gasteiger charge is 2.37. The van der Waals surface area contributed by atoms with Gasteiger partial charge in [-0.15, -0.1) is 0 Å². The molecule has 0 radical (unpaired) electrons. The number of rotatable bonds is 5. The lowest BCUT2D eigenvalue weighted by Crippen LogP contribution is -2.41. The fraction of sp³-hybridized carbons (Fsp3) is 0.364. The maximum atomic E-state index is 12.2. The van der Waals surface area contributed by atoms with Crippen molar-refractivity contribution >= 4 is 22.5 Å². The number of alkyl halides is 3. The first-order valence-corrected chi connectivity index (χ1v) is 6.47. The molecule has 2 unspecified atom stereocenters. The lowest BCUT2D eigenvalue weighted by molar-refractivity contribution is -0.155. The molecule has 0 amide bonds. The molecule has 0 saturated heterocycles. The molecule has 0 aromatic heterocycles. The van der Waals surface area contributed by atoms with Gasteiger partial charge < -0.3 is 15.5 Å². The molecule has 1 aromatic carbocycles. The number of benzene rings is 1. The first kappa shape index (κ1) is 16.4. The Bertz CT molecular complexity index is 513. The van der Waals surface area contributed by atoms with Gasteiger partial charge >= 0.3 is 11.5 Å². The molecule has 20 heavy (non-hydrogen) atoms. The molecular weight excluding hydrogens is 299 g/mol. The molecule has 0 aliphatic carbocycles. The van der Waals surface area contributed by atoms with Crippen molar-refractivity contribution in [2.24, 2.45) is 0 Å². The summed E-state index contributed by atoms with van der Waals surface area (Å²) in [5, 5.41) is 20.7. The van der Waals surface area contributed by atoms with Gasteiger partial charge in [-0.1, -0.05) is 0 Å². The number of anilines is 1. The van der Waals surface area contributed by atoms with Crippen LogP contribution in [-0.4, -0.2) is 38.0 Å². The van der Waals surface area contributed by atoms with E-state index in [1.807, 2.05) is 0 Å². The Morgan fingerprint density at radius 3 is 2.20 bits per heavy atom. The molecule has 1 rings (SSSR count). The number of nitrogens with one attached hydrogen (secondary N) is 1. The van der Waals surface area contributed by atoms with Gasteiger partial charge in [-0.05, 0) is 31.2 Å². The minimum atomic E-state index is -4.83. The van der Waals surface area contributed by atoms with Gasteiger partial charge in [-0.25, -0.2) is 9.00 Å². The summed E-state index contributed by atoms with van der Waals surface area (Å²) in [4.78, 5) is 10.2. The van der Waals surface area contributed by atoms with Gasteiger partial charge in [0.25, 0.3) is 0 Å². The molecule has 0 bridgehead atoms. The van der Waals surface area contributed by atoms with Gasteiger partial charge in [0.05, 0.1) is 6.54 Å². The van der Waals surface area contributed by atoms with Gasteiger partial charge in [0.15, 0.2) is 16.4 Å². The summed E-state index contributed by atoms with van der Waals surface area (Å²) in [6.45, 7) is 0.749.